The van der Waals surface area contributed by atoms with Crippen LogP contribution in [-0.2, 0) is 20.7 Å². The van der Waals surface area contributed by atoms with E-state index in [2.05, 4.69) is 21.2 Å². The summed E-state index contributed by atoms with van der Waals surface area (Å²) in [5.41, 5.74) is 0.860. The first-order valence-electron chi connectivity index (χ1n) is 8.15. The standard InChI is InChI=1S/C19H20BrNO4S/c1-12(2)18(21-17(23)10-13-6-4-3-5-7-13)19(24)25-11-14(22)15-8-9-16(20)26-15/h3-9,12,18H,10-11H2,1-2H3,(H,21,23). The first-order valence-corrected chi connectivity index (χ1v) is 9.76. The zero-order valence-corrected chi connectivity index (χ0v) is 16.9. The van der Waals surface area contributed by atoms with Crippen molar-refractivity contribution in [3.8, 4) is 0 Å². The molecular weight excluding hydrogens is 418 g/mol. The summed E-state index contributed by atoms with van der Waals surface area (Å²) in [7, 11) is 0. The summed E-state index contributed by atoms with van der Waals surface area (Å²) in [6.07, 6.45) is 0.180. The lowest BCUT2D eigenvalue weighted by molar-refractivity contribution is -0.148. The van der Waals surface area contributed by atoms with E-state index in [0.717, 1.165) is 9.35 Å². The number of Topliss-reactive ketones (excluding diaryl/α,β-unsaturated/α-hetero) is 1. The molecule has 1 amide bonds. The molecule has 0 fully saturated rings. The molecule has 7 heteroatoms. The Kier molecular flexibility index (Phi) is 7.53. The Morgan fingerprint density at radius 1 is 1.12 bits per heavy atom. The van der Waals surface area contributed by atoms with Crippen molar-refractivity contribution in [2.75, 3.05) is 6.61 Å². The van der Waals surface area contributed by atoms with E-state index in [9.17, 15) is 14.4 Å². The molecule has 1 aromatic carbocycles. The molecule has 0 radical (unpaired) electrons. The second-order valence-electron chi connectivity index (χ2n) is 6.09. The summed E-state index contributed by atoms with van der Waals surface area (Å²) >= 11 is 4.57. The van der Waals surface area contributed by atoms with E-state index in [0.29, 0.717) is 4.88 Å². The summed E-state index contributed by atoms with van der Waals surface area (Å²) in [5, 5.41) is 2.70. The average Bonchev–Trinajstić information content (AvgIpc) is 3.04. The van der Waals surface area contributed by atoms with Gasteiger partial charge in [0.2, 0.25) is 11.7 Å². The number of benzene rings is 1. The first kappa shape index (κ1) is 20.3. The van der Waals surface area contributed by atoms with E-state index in [1.807, 2.05) is 44.2 Å². The van der Waals surface area contributed by atoms with E-state index >= 15 is 0 Å². The largest absolute Gasteiger partial charge is 0.456 e. The maximum Gasteiger partial charge on any atom is 0.329 e. The van der Waals surface area contributed by atoms with E-state index < -0.39 is 12.0 Å². The minimum atomic E-state index is -0.797. The van der Waals surface area contributed by atoms with Crippen molar-refractivity contribution in [2.24, 2.45) is 5.92 Å². The number of carbonyl (C=O) groups is 3. The summed E-state index contributed by atoms with van der Waals surface area (Å²) in [5.74, 6) is -1.30. The zero-order valence-electron chi connectivity index (χ0n) is 14.5. The molecule has 1 aromatic heterocycles. The minimum Gasteiger partial charge on any atom is -0.456 e. The molecule has 0 saturated carbocycles. The molecule has 5 nitrogen and oxygen atoms in total. The number of hydrogen-bond donors (Lipinski definition) is 1. The Labute approximate surface area is 164 Å². The smallest absolute Gasteiger partial charge is 0.329 e. The van der Waals surface area contributed by atoms with Crippen molar-refractivity contribution < 1.29 is 19.1 Å². The van der Waals surface area contributed by atoms with E-state index in [1.54, 1.807) is 12.1 Å². The molecule has 0 aliphatic rings. The van der Waals surface area contributed by atoms with Crippen LogP contribution < -0.4 is 5.32 Å². The van der Waals surface area contributed by atoms with E-state index in [-0.39, 0.29) is 30.6 Å². The second kappa shape index (κ2) is 9.64. The number of amides is 1. The topological polar surface area (TPSA) is 72.5 Å². The van der Waals surface area contributed by atoms with Gasteiger partial charge in [-0.25, -0.2) is 4.79 Å². The quantitative estimate of drug-likeness (QED) is 0.505. The lowest BCUT2D eigenvalue weighted by atomic mass is 10.0. The summed E-state index contributed by atoms with van der Waals surface area (Å²) in [4.78, 5) is 37.1. The zero-order chi connectivity index (χ0) is 19.1. The highest BCUT2D eigenvalue weighted by molar-refractivity contribution is 9.11. The minimum absolute atomic E-state index is 0.159. The fraction of sp³-hybridized carbons (Fsp3) is 0.316. The van der Waals surface area contributed by atoms with Gasteiger partial charge in [0.1, 0.15) is 6.04 Å². The summed E-state index contributed by atoms with van der Waals surface area (Å²) < 4.78 is 5.96. The number of ether oxygens (including phenoxy) is 1. The van der Waals surface area contributed by atoms with Crippen LogP contribution in [0.5, 0.6) is 0 Å². The normalized spacial score (nSPS) is 11.8. The lowest BCUT2D eigenvalue weighted by Crippen LogP contribution is -2.46. The molecule has 0 saturated heterocycles. The number of rotatable bonds is 8. The van der Waals surface area contributed by atoms with Crippen molar-refractivity contribution in [1.29, 1.82) is 0 Å². The van der Waals surface area contributed by atoms with Gasteiger partial charge in [-0.1, -0.05) is 44.2 Å². The van der Waals surface area contributed by atoms with Crippen LogP contribution in [0.25, 0.3) is 0 Å². The third-order valence-corrected chi connectivity index (χ3v) is 5.30. The molecule has 1 heterocycles. The molecular formula is C19H20BrNO4S. The fourth-order valence-electron chi connectivity index (χ4n) is 2.27. The van der Waals surface area contributed by atoms with Gasteiger partial charge in [-0.2, -0.15) is 0 Å². The Balaban J connectivity index is 1.90. The molecule has 138 valence electrons. The van der Waals surface area contributed by atoms with Crippen LogP contribution >= 0.6 is 27.3 Å². The number of nitrogens with one attached hydrogen (secondary N) is 1. The molecule has 1 atom stereocenters. The van der Waals surface area contributed by atoms with Crippen molar-refractivity contribution in [2.45, 2.75) is 26.3 Å². The SMILES string of the molecule is CC(C)C(NC(=O)Cc1ccccc1)C(=O)OCC(=O)c1ccc(Br)s1. The van der Waals surface area contributed by atoms with Gasteiger partial charge in [0.15, 0.2) is 6.61 Å². The van der Waals surface area contributed by atoms with Crippen LogP contribution in [0.15, 0.2) is 46.3 Å². The molecule has 2 rings (SSSR count). The maximum atomic E-state index is 12.3. The molecule has 0 spiro atoms. The Morgan fingerprint density at radius 3 is 2.38 bits per heavy atom. The number of ketones is 1. The Morgan fingerprint density at radius 2 is 1.81 bits per heavy atom. The summed E-state index contributed by atoms with van der Waals surface area (Å²) in [6.45, 7) is 3.28. The first-order chi connectivity index (χ1) is 12.4. The molecule has 0 bridgehead atoms. The second-order valence-corrected chi connectivity index (χ2v) is 8.55. The molecule has 1 N–H and O–H groups in total. The van der Waals surface area contributed by atoms with Crippen LogP contribution in [0.1, 0.15) is 29.1 Å². The average molecular weight is 438 g/mol. The highest BCUT2D eigenvalue weighted by atomic mass is 79.9. The highest BCUT2D eigenvalue weighted by Crippen LogP contribution is 2.22. The predicted molar refractivity (Wildman–Crippen MR) is 104 cm³/mol. The van der Waals surface area contributed by atoms with Crippen LogP contribution in [0, 0.1) is 5.92 Å². The third-order valence-electron chi connectivity index (χ3n) is 3.64. The van der Waals surface area contributed by atoms with Gasteiger partial charge >= 0.3 is 5.97 Å². The van der Waals surface area contributed by atoms with Crippen molar-refractivity contribution in [3.63, 3.8) is 0 Å². The number of carbonyl (C=O) groups excluding carboxylic acids is 3. The van der Waals surface area contributed by atoms with Crippen molar-refractivity contribution in [3.05, 3.63) is 56.7 Å². The predicted octanol–water partition coefficient (Wildman–Crippen LogP) is 3.62. The van der Waals surface area contributed by atoms with Crippen molar-refractivity contribution >= 4 is 44.9 Å². The van der Waals surface area contributed by atoms with E-state index in [1.165, 1.54) is 11.3 Å². The molecule has 0 aliphatic heterocycles. The lowest BCUT2D eigenvalue weighted by Gasteiger charge is -2.20. The fourth-order valence-corrected chi connectivity index (χ4v) is 3.58. The van der Waals surface area contributed by atoms with Gasteiger partial charge in [0.05, 0.1) is 15.1 Å². The van der Waals surface area contributed by atoms with Crippen LogP contribution in [0.4, 0.5) is 0 Å². The third kappa shape index (κ3) is 6.07. The van der Waals surface area contributed by atoms with Gasteiger partial charge < -0.3 is 10.1 Å². The van der Waals surface area contributed by atoms with Gasteiger partial charge in [-0.05, 0) is 39.5 Å². The number of esters is 1. The molecule has 2 aromatic rings. The van der Waals surface area contributed by atoms with Crippen LogP contribution in [-0.4, -0.2) is 30.3 Å². The van der Waals surface area contributed by atoms with Gasteiger partial charge in [-0.3, -0.25) is 9.59 Å². The number of hydrogen-bond acceptors (Lipinski definition) is 5. The van der Waals surface area contributed by atoms with Crippen LogP contribution in [0.3, 0.4) is 0 Å². The van der Waals surface area contributed by atoms with Gasteiger partial charge in [-0.15, -0.1) is 11.3 Å². The maximum absolute atomic E-state index is 12.3. The molecule has 1 unspecified atom stereocenters. The highest BCUT2D eigenvalue weighted by Gasteiger charge is 2.26. The van der Waals surface area contributed by atoms with Gasteiger partial charge in [0.25, 0.3) is 0 Å². The van der Waals surface area contributed by atoms with Gasteiger partial charge in [0, 0.05) is 0 Å². The molecule has 26 heavy (non-hydrogen) atoms. The summed E-state index contributed by atoms with van der Waals surface area (Å²) in [6, 6.07) is 11.9. The Hall–Kier alpha value is -1.99. The van der Waals surface area contributed by atoms with Crippen molar-refractivity contribution in [1.82, 2.24) is 5.32 Å². The van der Waals surface area contributed by atoms with E-state index in [4.69, 9.17) is 4.74 Å². The number of thiophene rings is 1. The van der Waals surface area contributed by atoms with Crippen LogP contribution in [0.2, 0.25) is 0 Å². The Bertz CT molecular complexity index is 773. The monoisotopic (exact) mass is 437 g/mol. The number of halogens is 1. The molecule has 0 aliphatic carbocycles.